The predicted octanol–water partition coefficient (Wildman–Crippen LogP) is 1.79. The zero-order valence-corrected chi connectivity index (χ0v) is 10.6. The highest BCUT2D eigenvalue weighted by Crippen LogP contribution is 2.40. The van der Waals surface area contributed by atoms with E-state index in [0.717, 1.165) is 25.7 Å². The number of rotatable bonds is 6. The fourth-order valence-corrected chi connectivity index (χ4v) is 2.79. The van der Waals surface area contributed by atoms with Crippen LogP contribution in [0.15, 0.2) is 0 Å². The number of likely N-dealkylation sites (N-methyl/N-ethyl adjacent to an activating group) is 1. The number of ether oxygens (including phenoxy) is 1. The molecule has 0 aromatic heterocycles. The average molecular weight is 241 g/mol. The minimum Gasteiger partial charge on any atom is -0.480 e. The summed E-state index contributed by atoms with van der Waals surface area (Å²) >= 11 is 0. The molecule has 4 heteroatoms. The van der Waals surface area contributed by atoms with Crippen molar-refractivity contribution >= 4 is 5.97 Å². The number of carboxylic acid groups (broad SMARTS) is 1. The largest absolute Gasteiger partial charge is 0.480 e. The Kier molecular flexibility index (Phi) is 4.05. The average Bonchev–Trinajstić information content (AvgIpc) is 3.16. The van der Waals surface area contributed by atoms with Gasteiger partial charge in [0, 0.05) is 0 Å². The van der Waals surface area contributed by atoms with Crippen molar-refractivity contribution in [3.63, 3.8) is 0 Å². The van der Waals surface area contributed by atoms with Gasteiger partial charge in [-0.3, -0.25) is 4.79 Å². The Bertz CT molecular complexity index is 272. The van der Waals surface area contributed by atoms with Gasteiger partial charge in [0.2, 0.25) is 0 Å². The Hall–Kier alpha value is -0.610. The zero-order chi connectivity index (χ0) is 12.3. The zero-order valence-electron chi connectivity index (χ0n) is 10.6. The quantitative estimate of drug-likeness (QED) is 0.744. The number of carboxylic acids is 1. The minimum atomic E-state index is -0.850. The lowest BCUT2D eigenvalue weighted by Crippen LogP contribution is -2.56. The van der Waals surface area contributed by atoms with E-state index < -0.39 is 11.5 Å². The van der Waals surface area contributed by atoms with Crippen LogP contribution in [0.4, 0.5) is 0 Å². The van der Waals surface area contributed by atoms with E-state index in [1.54, 1.807) is 7.05 Å². The normalized spacial score (nSPS) is 25.5. The maximum Gasteiger partial charge on any atom is 0.326 e. The molecule has 4 nitrogen and oxygen atoms in total. The summed E-state index contributed by atoms with van der Waals surface area (Å²) in [5.41, 5.74) is -0.850. The van der Waals surface area contributed by atoms with Crippen LogP contribution in [0, 0.1) is 5.92 Å². The first kappa shape index (κ1) is 12.8. The standard InChI is InChI=1S/C13H23NO3/c1-14-13(12(15)16,10-7-8-10)9-17-11-5-3-2-4-6-11/h10-11,14H,2-9H2,1H3,(H,15,16). The Morgan fingerprint density at radius 1 is 1.29 bits per heavy atom. The van der Waals surface area contributed by atoms with E-state index in [0.29, 0.717) is 6.61 Å². The van der Waals surface area contributed by atoms with Gasteiger partial charge in [-0.05, 0) is 38.6 Å². The maximum absolute atomic E-state index is 11.5. The van der Waals surface area contributed by atoms with Gasteiger partial charge < -0.3 is 15.2 Å². The van der Waals surface area contributed by atoms with Gasteiger partial charge in [-0.15, -0.1) is 0 Å². The van der Waals surface area contributed by atoms with Crippen LogP contribution in [0.1, 0.15) is 44.9 Å². The van der Waals surface area contributed by atoms with Gasteiger partial charge in [0.25, 0.3) is 0 Å². The highest BCUT2D eigenvalue weighted by Gasteiger charge is 2.50. The smallest absolute Gasteiger partial charge is 0.326 e. The van der Waals surface area contributed by atoms with Gasteiger partial charge in [0.1, 0.15) is 5.54 Å². The molecule has 0 amide bonds. The van der Waals surface area contributed by atoms with E-state index >= 15 is 0 Å². The van der Waals surface area contributed by atoms with Crippen LogP contribution in [0.5, 0.6) is 0 Å². The number of aliphatic carboxylic acids is 1. The topological polar surface area (TPSA) is 58.6 Å². The van der Waals surface area contributed by atoms with E-state index in [2.05, 4.69) is 5.32 Å². The summed E-state index contributed by atoms with van der Waals surface area (Å²) in [5.74, 6) is -0.521. The van der Waals surface area contributed by atoms with Gasteiger partial charge in [-0.1, -0.05) is 19.3 Å². The number of nitrogens with one attached hydrogen (secondary N) is 1. The van der Waals surface area contributed by atoms with Crippen LogP contribution in [-0.4, -0.2) is 36.4 Å². The molecule has 0 spiro atoms. The van der Waals surface area contributed by atoms with Crippen molar-refractivity contribution in [1.82, 2.24) is 5.32 Å². The summed E-state index contributed by atoms with van der Waals surface area (Å²) in [6, 6.07) is 0. The summed E-state index contributed by atoms with van der Waals surface area (Å²) in [6.45, 7) is 0.314. The second-order valence-electron chi connectivity index (χ2n) is 5.37. The van der Waals surface area contributed by atoms with E-state index in [1.165, 1.54) is 19.3 Å². The molecule has 17 heavy (non-hydrogen) atoms. The maximum atomic E-state index is 11.5. The van der Waals surface area contributed by atoms with Crippen molar-refractivity contribution in [2.24, 2.45) is 5.92 Å². The molecule has 2 aliphatic carbocycles. The molecule has 0 saturated heterocycles. The minimum absolute atomic E-state index is 0.244. The molecule has 0 heterocycles. The molecule has 2 fully saturated rings. The van der Waals surface area contributed by atoms with Gasteiger partial charge in [0.05, 0.1) is 12.7 Å². The molecule has 1 atom stereocenters. The van der Waals surface area contributed by atoms with Gasteiger partial charge in [-0.2, -0.15) is 0 Å². The van der Waals surface area contributed by atoms with E-state index in [4.69, 9.17) is 4.74 Å². The lowest BCUT2D eigenvalue weighted by Gasteiger charge is -2.32. The summed E-state index contributed by atoms with van der Waals surface area (Å²) in [7, 11) is 1.73. The lowest BCUT2D eigenvalue weighted by molar-refractivity contribution is -0.150. The van der Waals surface area contributed by atoms with Crippen molar-refractivity contribution in [2.45, 2.75) is 56.6 Å². The Morgan fingerprint density at radius 3 is 2.41 bits per heavy atom. The van der Waals surface area contributed by atoms with Crippen molar-refractivity contribution in [2.75, 3.05) is 13.7 Å². The summed E-state index contributed by atoms with van der Waals surface area (Å²) in [5, 5.41) is 12.4. The van der Waals surface area contributed by atoms with E-state index in [1.807, 2.05) is 0 Å². The Morgan fingerprint density at radius 2 is 1.94 bits per heavy atom. The summed E-state index contributed by atoms with van der Waals surface area (Å²) in [6.07, 6.45) is 8.17. The lowest BCUT2D eigenvalue weighted by atomic mass is 9.93. The first-order chi connectivity index (χ1) is 8.19. The molecule has 0 aromatic rings. The monoisotopic (exact) mass is 241 g/mol. The van der Waals surface area contributed by atoms with Crippen molar-refractivity contribution in [1.29, 1.82) is 0 Å². The van der Waals surface area contributed by atoms with Crippen LogP contribution >= 0.6 is 0 Å². The predicted molar refractivity (Wildman–Crippen MR) is 65.0 cm³/mol. The third-order valence-corrected chi connectivity index (χ3v) is 4.20. The van der Waals surface area contributed by atoms with Crippen LogP contribution in [0.2, 0.25) is 0 Å². The van der Waals surface area contributed by atoms with Gasteiger partial charge >= 0.3 is 5.97 Å². The molecule has 2 saturated carbocycles. The third kappa shape index (κ3) is 2.80. The summed E-state index contributed by atoms with van der Waals surface area (Å²) in [4.78, 5) is 11.5. The number of hydrogen-bond donors (Lipinski definition) is 2. The van der Waals surface area contributed by atoms with E-state index in [-0.39, 0.29) is 12.0 Å². The third-order valence-electron chi connectivity index (χ3n) is 4.20. The second kappa shape index (κ2) is 5.36. The molecular weight excluding hydrogens is 218 g/mol. The van der Waals surface area contributed by atoms with Gasteiger partial charge in [0.15, 0.2) is 0 Å². The number of hydrogen-bond acceptors (Lipinski definition) is 3. The van der Waals surface area contributed by atoms with Crippen molar-refractivity contribution in [3.05, 3.63) is 0 Å². The van der Waals surface area contributed by atoms with Crippen LogP contribution < -0.4 is 5.32 Å². The highest BCUT2D eigenvalue weighted by molar-refractivity contribution is 5.80. The van der Waals surface area contributed by atoms with E-state index in [9.17, 15) is 9.90 Å². The molecular formula is C13H23NO3. The molecule has 0 aromatic carbocycles. The van der Waals surface area contributed by atoms with Crippen molar-refractivity contribution < 1.29 is 14.6 Å². The van der Waals surface area contributed by atoms with Crippen LogP contribution in [0.25, 0.3) is 0 Å². The first-order valence-electron chi connectivity index (χ1n) is 6.73. The molecule has 2 rings (SSSR count). The van der Waals surface area contributed by atoms with Crippen LogP contribution in [0.3, 0.4) is 0 Å². The van der Waals surface area contributed by atoms with Gasteiger partial charge in [-0.25, -0.2) is 0 Å². The van der Waals surface area contributed by atoms with Crippen molar-refractivity contribution in [3.8, 4) is 0 Å². The molecule has 0 bridgehead atoms. The molecule has 98 valence electrons. The molecule has 2 aliphatic rings. The fraction of sp³-hybridized carbons (Fsp3) is 0.923. The molecule has 0 aliphatic heterocycles. The SMILES string of the molecule is CNC(COC1CCCCC1)(C(=O)O)C1CC1. The highest BCUT2D eigenvalue weighted by atomic mass is 16.5. The fourth-order valence-electron chi connectivity index (χ4n) is 2.79. The Balaban J connectivity index is 1.90. The molecule has 2 N–H and O–H groups in total. The Labute approximate surface area is 103 Å². The molecule has 0 radical (unpaired) electrons. The first-order valence-corrected chi connectivity index (χ1v) is 6.73. The second-order valence-corrected chi connectivity index (χ2v) is 5.37. The molecule has 1 unspecified atom stereocenters. The summed E-state index contributed by atoms with van der Waals surface area (Å²) < 4.78 is 5.86. The van der Waals surface area contributed by atoms with Crippen LogP contribution in [-0.2, 0) is 9.53 Å². The number of carbonyl (C=O) groups is 1.